The molecule has 2 aliphatic rings. The van der Waals surface area contributed by atoms with Crippen LogP contribution in [0.4, 0.5) is 0 Å². The summed E-state index contributed by atoms with van der Waals surface area (Å²) in [6.45, 7) is 1.60. The summed E-state index contributed by atoms with van der Waals surface area (Å²) in [6.07, 6.45) is 6.43. The van der Waals surface area contributed by atoms with Crippen molar-refractivity contribution in [2.24, 2.45) is 17.8 Å². The minimum Gasteiger partial charge on any atom is -0.481 e. The van der Waals surface area contributed by atoms with Gasteiger partial charge in [0, 0.05) is 6.54 Å². The lowest BCUT2D eigenvalue weighted by Crippen LogP contribution is -2.29. The average molecular weight is 197 g/mol. The van der Waals surface area contributed by atoms with Gasteiger partial charge in [-0.3, -0.25) is 4.79 Å². The highest BCUT2D eigenvalue weighted by molar-refractivity contribution is 5.71. The third kappa shape index (κ3) is 1.92. The maximum absolute atomic E-state index is 11.0. The van der Waals surface area contributed by atoms with Gasteiger partial charge in [0.15, 0.2) is 0 Å². The Morgan fingerprint density at radius 2 is 1.86 bits per heavy atom. The SMILES string of the molecule is O=C(O)C1CNCC1C1CCCCC1. The van der Waals surface area contributed by atoms with Crippen molar-refractivity contribution in [2.45, 2.75) is 32.1 Å². The summed E-state index contributed by atoms with van der Waals surface area (Å²) in [5.74, 6) is 0.330. The van der Waals surface area contributed by atoms with Crippen LogP contribution in [0.5, 0.6) is 0 Å². The van der Waals surface area contributed by atoms with E-state index in [1.807, 2.05) is 0 Å². The highest BCUT2D eigenvalue weighted by Crippen LogP contribution is 2.35. The Bertz CT molecular complexity index is 211. The van der Waals surface area contributed by atoms with Gasteiger partial charge < -0.3 is 10.4 Å². The first-order chi connectivity index (χ1) is 6.79. The van der Waals surface area contributed by atoms with Gasteiger partial charge in [0.25, 0.3) is 0 Å². The maximum atomic E-state index is 11.0. The summed E-state index contributed by atoms with van der Waals surface area (Å²) >= 11 is 0. The molecule has 80 valence electrons. The van der Waals surface area contributed by atoms with E-state index in [0.717, 1.165) is 6.54 Å². The molecule has 2 N–H and O–H groups in total. The topological polar surface area (TPSA) is 49.3 Å². The smallest absolute Gasteiger partial charge is 0.308 e. The fourth-order valence-electron chi connectivity index (χ4n) is 3.03. The summed E-state index contributed by atoms with van der Waals surface area (Å²) in [4.78, 5) is 11.0. The van der Waals surface area contributed by atoms with E-state index < -0.39 is 5.97 Å². The zero-order valence-electron chi connectivity index (χ0n) is 8.54. The van der Waals surface area contributed by atoms with Crippen LogP contribution in [0.25, 0.3) is 0 Å². The van der Waals surface area contributed by atoms with Crippen LogP contribution in [-0.2, 0) is 4.79 Å². The van der Waals surface area contributed by atoms with Gasteiger partial charge in [0.2, 0.25) is 0 Å². The Morgan fingerprint density at radius 1 is 1.14 bits per heavy atom. The van der Waals surface area contributed by atoms with E-state index in [9.17, 15) is 4.79 Å². The lowest BCUT2D eigenvalue weighted by atomic mass is 9.75. The molecule has 1 heterocycles. The van der Waals surface area contributed by atoms with Crippen LogP contribution < -0.4 is 5.32 Å². The quantitative estimate of drug-likeness (QED) is 0.705. The third-order valence-corrected chi connectivity index (χ3v) is 3.83. The minimum absolute atomic E-state index is 0.127. The summed E-state index contributed by atoms with van der Waals surface area (Å²) in [6, 6.07) is 0. The van der Waals surface area contributed by atoms with Crippen LogP contribution >= 0.6 is 0 Å². The number of aliphatic carboxylic acids is 1. The van der Waals surface area contributed by atoms with Gasteiger partial charge in [-0.25, -0.2) is 0 Å². The van der Waals surface area contributed by atoms with E-state index in [2.05, 4.69) is 5.32 Å². The van der Waals surface area contributed by atoms with Gasteiger partial charge in [-0.2, -0.15) is 0 Å². The van der Waals surface area contributed by atoms with Gasteiger partial charge >= 0.3 is 5.97 Å². The predicted molar refractivity (Wildman–Crippen MR) is 54.1 cm³/mol. The number of nitrogens with one attached hydrogen (secondary N) is 1. The fourth-order valence-corrected chi connectivity index (χ4v) is 3.03. The number of carboxylic acid groups (broad SMARTS) is 1. The van der Waals surface area contributed by atoms with Crippen molar-refractivity contribution in [3.05, 3.63) is 0 Å². The van der Waals surface area contributed by atoms with Crippen LogP contribution in [0.3, 0.4) is 0 Å². The third-order valence-electron chi connectivity index (χ3n) is 3.83. The molecule has 3 heteroatoms. The maximum Gasteiger partial charge on any atom is 0.308 e. The first-order valence-corrected chi connectivity index (χ1v) is 5.72. The monoisotopic (exact) mass is 197 g/mol. The molecule has 0 aromatic heterocycles. The lowest BCUT2D eigenvalue weighted by Gasteiger charge is -2.29. The van der Waals surface area contributed by atoms with Gasteiger partial charge in [-0.15, -0.1) is 0 Å². The summed E-state index contributed by atoms with van der Waals surface area (Å²) in [7, 11) is 0. The van der Waals surface area contributed by atoms with Crippen molar-refractivity contribution >= 4 is 5.97 Å². The average Bonchev–Trinajstić information content (AvgIpc) is 2.67. The minimum atomic E-state index is -0.606. The largest absolute Gasteiger partial charge is 0.481 e. The van der Waals surface area contributed by atoms with E-state index in [1.54, 1.807) is 0 Å². The first-order valence-electron chi connectivity index (χ1n) is 5.72. The van der Waals surface area contributed by atoms with Crippen molar-refractivity contribution in [3.8, 4) is 0 Å². The Hall–Kier alpha value is -0.570. The Balaban J connectivity index is 1.97. The van der Waals surface area contributed by atoms with E-state index in [4.69, 9.17) is 5.11 Å². The summed E-state index contributed by atoms with van der Waals surface area (Å²) in [5, 5.41) is 12.3. The van der Waals surface area contributed by atoms with Crippen molar-refractivity contribution in [1.29, 1.82) is 0 Å². The standard InChI is InChI=1S/C11H19NO2/c13-11(14)10-7-12-6-9(10)8-4-2-1-3-5-8/h8-10,12H,1-7H2,(H,13,14). The van der Waals surface area contributed by atoms with E-state index >= 15 is 0 Å². The van der Waals surface area contributed by atoms with Crippen LogP contribution in [0.1, 0.15) is 32.1 Å². The molecule has 3 nitrogen and oxygen atoms in total. The van der Waals surface area contributed by atoms with Crippen molar-refractivity contribution < 1.29 is 9.90 Å². The molecular weight excluding hydrogens is 178 g/mol. The molecular formula is C11H19NO2. The van der Waals surface area contributed by atoms with Crippen molar-refractivity contribution in [1.82, 2.24) is 5.32 Å². The second-order valence-electron chi connectivity index (χ2n) is 4.66. The number of rotatable bonds is 2. The molecule has 1 saturated heterocycles. The molecule has 0 bridgehead atoms. The zero-order chi connectivity index (χ0) is 9.97. The highest BCUT2D eigenvalue weighted by Gasteiger charge is 2.37. The molecule has 0 aromatic carbocycles. The molecule has 1 aliphatic carbocycles. The van der Waals surface area contributed by atoms with Crippen molar-refractivity contribution in [3.63, 3.8) is 0 Å². The molecule has 0 radical (unpaired) electrons. The molecule has 2 fully saturated rings. The van der Waals surface area contributed by atoms with Crippen LogP contribution in [0, 0.1) is 17.8 Å². The predicted octanol–water partition coefficient (Wildman–Crippen LogP) is 1.49. The van der Waals surface area contributed by atoms with E-state index in [-0.39, 0.29) is 5.92 Å². The van der Waals surface area contributed by atoms with Crippen LogP contribution in [0.2, 0.25) is 0 Å². The summed E-state index contributed by atoms with van der Waals surface area (Å²) < 4.78 is 0. The number of hydrogen-bond acceptors (Lipinski definition) is 2. The number of hydrogen-bond donors (Lipinski definition) is 2. The van der Waals surface area contributed by atoms with Gasteiger partial charge in [0.05, 0.1) is 5.92 Å². The van der Waals surface area contributed by atoms with Gasteiger partial charge in [-0.1, -0.05) is 32.1 Å². The Morgan fingerprint density at radius 3 is 2.50 bits per heavy atom. The molecule has 2 atom stereocenters. The second-order valence-corrected chi connectivity index (χ2v) is 4.66. The van der Waals surface area contributed by atoms with Crippen LogP contribution in [0.15, 0.2) is 0 Å². The lowest BCUT2D eigenvalue weighted by molar-refractivity contribution is -0.143. The van der Waals surface area contributed by atoms with E-state index in [0.29, 0.717) is 18.4 Å². The van der Waals surface area contributed by atoms with Gasteiger partial charge in [0.1, 0.15) is 0 Å². The number of carbonyl (C=O) groups is 1. The molecule has 0 amide bonds. The van der Waals surface area contributed by atoms with Crippen LogP contribution in [-0.4, -0.2) is 24.2 Å². The van der Waals surface area contributed by atoms with Gasteiger partial charge in [-0.05, 0) is 18.4 Å². The molecule has 0 aromatic rings. The molecule has 2 unspecified atom stereocenters. The summed E-state index contributed by atoms with van der Waals surface area (Å²) in [5.41, 5.74) is 0. The molecule has 1 aliphatic heterocycles. The highest BCUT2D eigenvalue weighted by atomic mass is 16.4. The van der Waals surface area contributed by atoms with E-state index in [1.165, 1.54) is 32.1 Å². The molecule has 0 spiro atoms. The number of carboxylic acids is 1. The molecule has 14 heavy (non-hydrogen) atoms. The zero-order valence-corrected chi connectivity index (χ0v) is 8.54. The molecule has 1 saturated carbocycles. The first kappa shape index (κ1) is 9.97. The molecule has 2 rings (SSSR count). The second kappa shape index (κ2) is 4.30. The van der Waals surface area contributed by atoms with Crippen molar-refractivity contribution in [2.75, 3.05) is 13.1 Å². The fraction of sp³-hybridized carbons (Fsp3) is 0.909. The Labute approximate surface area is 84.9 Å². The normalized spacial score (nSPS) is 34.6. The Kier molecular flexibility index (Phi) is 3.06.